The van der Waals surface area contributed by atoms with E-state index in [2.05, 4.69) is 23.5 Å². The molecule has 2 rings (SSSR count). The van der Waals surface area contributed by atoms with Crippen molar-refractivity contribution >= 4 is 17.7 Å². The van der Waals surface area contributed by atoms with Gasteiger partial charge >= 0.3 is 0 Å². The van der Waals surface area contributed by atoms with Crippen molar-refractivity contribution in [3.63, 3.8) is 0 Å². The van der Waals surface area contributed by atoms with E-state index in [1.54, 1.807) is 18.9 Å². The zero-order chi connectivity index (χ0) is 17.2. The smallest absolute Gasteiger partial charge is 0.232 e. The lowest BCUT2D eigenvalue weighted by atomic mass is 10.1. The lowest BCUT2D eigenvalue weighted by Crippen LogP contribution is -2.31. The molecule has 4 heteroatoms. The van der Waals surface area contributed by atoms with E-state index in [0.717, 1.165) is 24.3 Å². The molecule has 0 fully saturated rings. The van der Waals surface area contributed by atoms with E-state index in [4.69, 9.17) is 4.74 Å². The summed E-state index contributed by atoms with van der Waals surface area (Å²) in [4.78, 5) is 12.1. The Labute approximate surface area is 148 Å². The average Bonchev–Trinajstić information content (AvgIpc) is 2.64. The molecule has 0 aliphatic heterocycles. The van der Waals surface area contributed by atoms with Gasteiger partial charge in [0.25, 0.3) is 0 Å². The highest BCUT2D eigenvalue weighted by Gasteiger charge is 2.12. The molecule has 0 aliphatic carbocycles. The first-order valence-electron chi connectivity index (χ1n) is 8.25. The number of carbonyl (C=O) groups is 1. The van der Waals surface area contributed by atoms with E-state index < -0.39 is 0 Å². The van der Waals surface area contributed by atoms with E-state index in [-0.39, 0.29) is 11.2 Å². The van der Waals surface area contributed by atoms with Gasteiger partial charge in [0.15, 0.2) is 0 Å². The zero-order valence-electron chi connectivity index (χ0n) is 14.3. The molecule has 1 atom stereocenters. The number of hydrogen-bond acceptors (Lipinski definition) is 3. The third-order valence-corrected chi connectivity index (χ3v) is 5.00. The minimum atomic E-state index is -0.0398. The predicted molar refractivity (Wildman–Crippen MR) is 102 cm³/mol. The minimum Gasteiger partial charge on any atom is -0.497 e. The van der Waals surface area contributed by atoms with Crippen LogP contribution >= 0.6 is 11.8 Å². The molecular weight excluding hydrogens is 318 g/mol. The number of aryl methyl sites for hydroxylation is 1. The summed E-state index contributed by atoms with van der Waals surface area (Å²) in [5.74, 6) is 1.85. The lowest BCUT2D eigenvalue weighted by molar-refractivity contribution is -0.120. The molecule has 3 nitrogen and oxygen atoms in total. The number of methoxy groups -OCH3 is 1. The van der Waals surface area contributed by atoms with Crippen LogP contribution in [0.4, 0.5) is 0 Å². The normalized spacial score (nSPS) is 11.8. The van der Waals surface area contributed by atoms with Gasteiger partial charge in [0, 0.05) is 12.3 Å². The summed E-state index contributed by atoms with van der Waals surface area (Å²) in [7, 11) is 1.67. The van der Waals surface area contributed by atoms with Crippen LogP contribution in [0.15, 0.2) is 54.6 Å². The van der Waals surface area contributed by atoms with Crippen LogP contribution in [0.1, 0.15) is 24.5 Å². The van der Waals surface area contributed by atoms with Gasteiger partial charge in [-0.1, -0.05) is 42.5 Å². The van der Waals surface area contributed by atoms with Crippen LogP contribution in [0.3, 0.4) is 0 Å². The molecule has 24 heavy (non-hydrogen) atoms. The number of hydrogen-bond donors (Lipinski definition) is 1. The first-order chi connectivity index (χ1) is 11.7. The SMILES string of the molecule is COc1cccc(CCCNC(=O)[C@H](C)SCc2ccccc2)c1. The molecule has 2 aromatic rings. The Kier molecular flexibility index (Phi) is 7.69. The monoisotopic (exact) mass is 343 g/mol. The molecule has 0 unspecified atom stereocenters. The third-order valence-electron chi connectivity index (χ3n) is 3.79. The van der Waals surface area contributed by atoms with E-state index >= 15 is 0 Å². The molecule has 0 spiro atoms. The van der Waals surface area contributed by atoms with Gasteiger partial charge in [0.05, 0.1) is 12.4 Å². The number of amides is 1. The molecule has 0 heterocycles. The number of nitrogens with one attached hydrogen (secondary N) is 1. The van der Waals surface area contributed by atoms with Gasteiger partial charge in [-0.25, -0.2) is 0 Å². The quantitative estimate of drug-likeness (QED) is 0.698. The summed E-state index contributed by atoms with van der Waals surface area (Å²) in [5.41, 5.74) is 2.48. The maximum Gasteiger partial charge on any atom is 0.232 e. The van der Waals surface area contributed by atoms with Crippen molar-refractivity contribution in [2.24, 2.45) is 0 Å². The van der Waals surface area contributed by atoms with Gasteiger partial charge in [-0.3, -0.25) is 4.79 Å². The fourth-order valence-electron chi connectivity index (χ4n) is 2.35. The van der Waals surface area contributed by atoms with Crippen LogP contribution in [-0.4, -0.2) is 24.8 Å². The van der Waals surface area contributed by atoms with Crippen LogP contribution in [0.5, 0.6) is 5.75 Å². The van der Waals surface area contributed by atoms with E-state index in [0.29, 0.717) is 6.54 Å². The Morgan fingerprint density at radius 1 is 1.12 bits per heavy atom. The molecule has 0 saturated heterocycles. The highest BCUT2D eigenvalue weighted by Crippen LogP contribution is 2.17. The molecule has 0 radical (unpaired) electrons. The van der Waals surface area contributed by atoms with Gasteiger partial charge in [-0.15, -0.1) is 11.8 Å². The summed E-state index contributed by atoms with van der Waals surface area (Å²) in [6, 6.07) is 18.3. The maximum absolute atomic E-state index is 12.1. The van der Waals surface area contributed by atoms with Crippen LogP contribution in [0.25, 0.3) is 0 Å². The first kappa shape index (κ1) is 18.4. The van der Waals surface area contributed by atoms with E-state index in [1.165, 1.54) is 11.1 Å². The first-order valence-corrected chi connectivity index (χ1v) is 9.30. The molecule has 1 N–H and O–H groups in total. The predicted octanol–water partition coefficient (Wildman–Crippen LogP) is 4.07. The molecule has 2 aromatic carbocycles. The highest BCUT2D eigenvalue weighted by molar-refractivity contribution is 7.99. The Morgan fingerprint density at radius 3 is 2.62 bits per heavy atom. The summed E-state index contributed by atoms with van der Waals surface area (Å²) in [5, 5.41) is 2.99. The van der Waals surface area contributed by atoms with E-state index in [9.17, 15) is 4.79 Å². The standard InChI is InChI=1S/C20H25NO2S/c1-16(24-15-18-8-4-3-5-9-18)20(22)21-13-7-11-17-10-6-12-19(14-17)23-2/h3-6,8-10,12,14,16H,7,11,13,15H2,1-2H3,(H,21,22)/t16-/m0/s1. The van der Waals surface area contributed by atoms with Crippen LogP contribution in [0, 0.1) is 0 Å². The van der Waals surface area contributed by atoms with Gasteiger partial charge in [0.2, 0.25) is 5.91 Å². The summed E-state index contributed by atoms with van der Waals surface area (Å²) in [6.07, 6.45) is 1.86. The van der Waals surface area contributed by atoms with Crippen molar-refractivity contribution < 1.29 is 9.53 Å². The Hall–Kier alpha value is -1.94. The average molecular weight is 343 g/mol. The molecule has 0 saturated carbocycles. The fourth-order valence-corrected chi connectivity index (χ4v) is 3.22. The van der Waals surface area contributed by atoms with Gasteiger partial charge < -0.3 is 10.1 Å². The Bertz CT molecular complexity index is 631. The Morgan fingerprint density at radius 2 is 1.88 bits per heavy atom. The third kappa shape index (κ3) is 6.28. The van der Waals surface area contributed by atoms with Gasteiger partial charge in [-0.05, 0) is 43.0 Å². The minimum absolute atomic E-state index is 0.0398. The number of ether oxygens (including phenoxy) is 1. The van der Waals surface area contributed by atoms with Crippen LogP contribution in [-0.2, 0) is 17.0 Å². The van der Waals surface area contributed by atoms with Crippen molar-refractivity contribution in [1.82, 2.24) is 5.32 Å². The number of carbonyl (C=O) groups excluding carboxylic acids is 1. The van der Waals surface area contributed by atoms with Crippen molar-refractivity contribution in [2.75, 3.05) is 13.7 Å². The number of benzene rings is 2. The zero-order valence-corrected chi connectivity index (χ0v) is 15.1. The molecule has 128 valence electrons. The molecule has 1 amide bonds. The highest BCUT2D eigenvalue weighted by atomic mass is 32.2. The summed E-state index contributed by atoms with van der Waals surface area (Å²) < 4.78 is 5.22. The summed E-state index contributed by atoms with van der Waals surface area (Å²) in [6.45, 7) is 2.66. The Balaban J connectivity index is 1.65. The van der Waals surface area contributed by atoms with Gasteiger partial charge in [0.1, 0.15) is 5.75 Å². The summed E-state index contributed by atoms with van der Waals surface area (Å²) >= 11 is 1.67. The van der Waals surface area contributed by atoms with Crippen molar-refractivity contribution in [2.45, 2.75) is 30.8 Å². The fraction of sp³-hybridized carbons (Fsp3) is 0.350. The van der Waals surface area contributed by atoms with Crippen molar-refractivity contribution in [3.8, 4) is 5.75 Å². The van der Waals surface area contributed by atoms with Crippen molar-refractivity contribution in [1.29, 1.82) is 0 Å². The number of thioether (sulfide) groups is 1. The second-order valence-electron chi connectivity index (χ2n) is 5.68. The molecular formula is C20H25NO2S. The molecule has 0 aromatic heterocycles. The largest absolute Gasteiger partial charge is 0.497 e. The van der Waals surface area contributed by atoms with E-state index in [1.807, 2.05) is 43.3 Å². The second kappa shape index (κ2) is 10.0. The lowest BCUT2D eigenvalue weighted by Gasteiger charge is -2.12. The van der Waals surface area contributed by atoms with Crippen LogP contribution < -0.4 is 10.1 Å². The van der Waals surface area contributed by atoms with Crippen LogP contribution in [0.2, 0.25) is 0 Å². The number of rotatable bonds is 9. The molecule has 0 bridgehead atoms. The maximum atomic E-state index is 12.1. The molecule has 0 aliphatic rings. The van der Waals surface area contributed by atoms with Gasteiger partial charge in [-0.2, -0.15) is 0 Å². The topological polar surface area (TPSA) is 38.3 Å². The second-order valence-corrected chi connectivity index (χ2v) is 7.01. The van der Waals surface area contributed by atoms with Crippen molar-refractivity contribution in [3.05, 3.63) is 65.7 Å².